The molecule has 2 aromatic carbocycles. The van der Waals surface area contributed by atoms with Crippen LogP contribution in [0.25, 0.3) is 11.1 Å². The zero-order valence-electron chi connectivity index (χ0n) is 13.9. The maximum Gasteiger partial charge on any atom is 0.420 e. The smallest absolute Gasteiger partial charge is 0.420 e. The molecule has 3 rings (SSSR count). The van der Waals surface area contributed by atoms with Gasteiger partial charge in [0.05, 0.1) is 23.4 Å². The van der Waals surface area contributed by atoms with Gasteiger partial charge in [0.15, 0.2) is 5.58 Å². The Morgan fingerprint density at radius 3 is 2.73 bits per heavy atom. The number of ether oxygens (including phenoxy) is 1. The molecule has 2 N–H and O–H groups in total. The van der Waals surface area contributed by atoms with Crippen LogP contribution >= 0.6 is 0 Å². The topological polar surface area (TPSA) is 111 Å². The van der Waals surface area contributed by atoms with E-state index in [2.05, 4.69) is 5.32 Å². The Balaban J connectivity index is 1.88. The third kappa shape index (κ3) is 3.44. The number of nitrogens with zero attached hydrogens (tertiary/aromatic N) is 1. The number of anilines is 1. The summed E-state index contributed by atoms with van der Waals surface area (Å²) in [6.45, 7) is 1.95. The second-order valence-corrected chi connectivity index (χ2v) is 5.42. The molecule has 26 heavy (non-hydrogen) atoms. The van der Waals surface area contributed by atoms with Crippen molar-refractivity contribution in [3.05, 3.63) is 58.6 Å². The number of carbonyl (C=O) groups is 2. The Kier molecular flexibility index (Phi) is 4.74. The monoisotopic (exact) mass is 356 g/mol. The standard InChI is InChI=1S/C18H16N2O6/c1-2-25-14-6-4-3-5-12(14)19-16(21)10-20-13-9-11(17(22)23)7-8-15(13)26-18(20)24/h3-9H,2,10H2,1H3,(H,19,21)(H,22,23). The van der Waals surface area contributed by atoms with Crippen LogP contribution in [0.5, 0.6) is 5.75 Å². The first kappa shape index (κ1) is 17.3. The number of fused-ring (bicyclic) bond motifs is 1. The van der Waals surface area contributed by atoms with E-state index in [1.807, 2.05) is 6.92 Å². The Morgan fingerprint density at radius 1 is 1.23 bits per heavy atom. The van der Waals surface area contributed by atoms with Crippen molar-refractivity contribution in [3.8, 4) is 5.75 Å². The zero-order valence-corrected chi connectivity index (χ0v) is 13.9. The predicted octanol–water partition coefficient (Wildman–Crippen LogP) is 2.33. The lowest BCUT2D eigenvalue weighted by Crippen LogP contribution is -2.25. The Hall–Kier alpha value is -3.55. The van der Waals surface area contributed by atoms with Crippen molar-refractivity contribution in [2.45, 2.75) is 13.5 Å². The summed E-state index contributed by atoms with van der Waals surface area (Å²) < 4.78 is 11.6. The molecule has 0 radical (unpaired) electrons. The summed E-state index contributed by atoms with van der Waals surface area (Å²) in [6.07, 6.45) is 0. The summed E-state index contributed by atoms with van der Waals surface area (Å²) in [4.78, 5) is 35.5. The lowest BCUT2D eigenvalue weighted by molar-refractivity contribution is -0.116. The quantitative estimate of drug-likeness (QED) is 0.701. The van der Waals surface area contributed by atoms with E-state index in [9.17, 15) is 14.4 Å². The zero-order chi connectivity index (χ0) is 18.7. The van der Waals surface area contributed by atoms with Crippen LogP contribution in [-0.2, 0) is 11.3 Å². The van der Waals surface area contributed by atoms with Gasteiger partial charge in [0, 0.05) is 0 Å². The van der Waals surface area contributed by atoms with Gasteiger partial charge in [-0.1, -0.05) is 12.1 Å². The van der Waals surface area contributed by atoms with Gasteiger partial charge in [-0.2, -0.15) is 0 Å². The first-order chi connectivity index (χ1) is 12.5. The molecular weight excluding hydrogens is 340 g/mol. The molecule has 0 aliphatic carbocycles. The molecule has 0 fully saturated rings. The number of hydrogen-bond donors (Lipinski definition) is 2. The number of para-hydroxylation sites is 2. The molecule has 0 saturated carbocycles. The number of nitrogens with one attached hydrogen (secondary N) is 1. The normalized spacial score (nSPS) is 10.7. The molecule has 0 aliphatic heterocycles. The first-order valence-electron chi connectivity index (χ1n) is 7.88. The molecule has 1 aromatic heterocycles. The Morgan fingerprint density at radius 2 is 2.00 bits per heavy atom. The molecule has 1 amide bonds. The van der Waals surface area contributed by atoms with Crippen LogP contribution in [0.4, 0.5) is 5.69 Å². The van der Waals surface area contributed by atoms with Crippen LogP contribution in [0.2, 0.25) is 0 Å². The van der Waals surface area contributed by atoms with Crippen molar-refractivity contribution >= 4 is 28.7 Å². The molecular formula is C18H16N2O6. The van der Waals surface area contributed by atoms with Gasteiger partial charge in [-0.15, -0.1) is 0 Å². The van der Waals surface area contributed by atoms with Gasteiger partial charge < -0.3 is 19.6 Å². The van der Waals surface area contributed by atoms with Gasteiger partial charge in [0.2, 0.25) is 5.91 Å². The van der Waals surface area contributed by atoms with Crippen LogP contribution < -0.4 is 15.8 Å². The summed E-state index contributed by atoms with van der Waals surface area (Å²) in [5.41, 5.74) is 0.922. The number of carboxylic acid groups (broad SMARTS) is 1. The third-order valence-electron chi connectivity index (χ3n) is 3.68. The predicted molar refractivity (Wildman–Crippen MR) is 93.7 cm³/mol. The second kappa shape index (κ2) is 7.14. The van der Waals surface area contributed by atoms with E-state index >= 15 is 0 Å². The van der Waals surface area contributed by atoms with Crippen molar-refractivity contribution in [1.82, 2.24) is 4.57 Å². The van der Waals surface area contributed by atoms with Crippen LogP contribution in [0, 0.1) is 0 Å². The second-order valence-electron chi connectivity index (χ2n) is 5.42. The van der Waals surface area contributed by atoms with Gasteiger partial charge in [0.1, 0.15) is 12.3 Å². The van der Waals surface area contributed by atoms with Crippen molar-refractivity contribution in [2.75, 3.05) is 11.9 Å². The molecule has 0 unspecified atom stereocenters. The highest BCUT2D eigenvalue weighted by atomic mass is 16.5. The van der Waals surface area contributed by atoms with E-state index in [1.165, 1.54) is 18.2 Å². The molecule has 134 valence electrons. The minimum absolute atomic E-state index is 0.00542. The lowest BCUT2D eigenvalue weighted by Gasteiger charge is -2.11. The number of rotatable bonds is 6. The van der Waals surface area contributed by atoms with Crippen LogP contribution in [0.3, 0.4) is 0 Å². The number of oxazole rings is 1. The Bertz CT molecular complexity index is 1030. The lowest BCUT2D eigenvalue weighted by atomic mass is 10.2. The van der Waals surface area contributed by atoms with Crippen LogP contribution in [0.15, 0.2) is 51.7 Å². The summed E-state index contributed by atoms with van der Waals surface area (Å²) in [5.74, 6) is -1.83. The molecule has 0 spiro atoms. The maximum absolute atomic E-state index is 12.4. The summed E-state index contributed by atoms with van der Waals surface area (Å²) in [5, 5.41) is 11.8. The molecule has 1 heterocycles. The number of hydrogen-bond acceptors (Lipinski definition) is 5. The van der Waals surface area contributed by atoms with E-state index < -0.39 is 17.6 Å². The van der Waals surface area contributed by atoms with Crippen LogP contribution in [0.1, 0.15) is 17.3 Å². The van der Waals surface area contributed by atoms with E-state index in [1.54, 1.807) is 24.3 Å². The highest BCUT2D eigenvalue weighted by Crippen LogP contribution is 2.23. The van der Waals surface area contributed by atoms with E-state index in [0.717, 1.165) is 4.57 Å². The number of benzene rings is 2. The van der Waals surface area contributed by atoms with Gasteiger partial charge >= 0.3 is 11.7 Å². The van der Waals surface area contributed by atoms with Gasteiger partial charge in [-0.3, -0.25) is 9.36 Å². The van der Waals surface area contributed by atoms with Crippen LogP contribution in [-0.4, -0.2) is 28.2 Å². The summed E-state index contributed by atoms with van der Waals surface area (Å²) >= 11 is 0. The molecule has 0 saturated heterocycles. The number of aromatic nitrogens is 1. The molecule has 0 bridgehead atoms. The largest absolute Gasteiger partial charge is 0.492 e. The molecule has 8 heteroatoms. The SMILES string of the molecule is CCOc1ccccc1NC(=O)Cn1c(=O)oc2ccc(C(=O)O)cc21. The fourth-order valence-electron chi connectivity index (χ4n) is 2.53. The number of carboxylic acids is 1. The number of carbonyl (C=O) groups excluding carboxylic acids is 1. The summed E-state index contributed by atoms with van der Waals surface area (Å²) in [6, 6.07) is 10.9. The van der Waals surface area contributed by atoms with Crippen molar-refractivity contribution < 1.29 is 23.8 Å². The van der Waals surface area contributed by atoms with E-state index in [-0.39, 0.29) is 23.2 Å². The molecule has 0 aliphatic rings. The van der Waals surface area contributed by atoms with Crippen molar-refractivity contribution in [2.24, 2.45) is 0 Å². The average molecular weight is 356 g/mol. The highest BCUT2D eigenvalue weighted by Gasteiger charge is 2.16. The molecule has 8 nitrogen and oxygen atoms in total. The van der Waals surface area contributed by atoms with E-state index in [4.69, 9.17) is 14.3 Å². The number of amides is 1. The summed E-state index contributed by atoms with van der Waals surface area (Å²) in [7, 11) is 0. The first-order valence-corrected chi connectivity index (χ1v) is 7.88. The third-order valence-corrected chi connectivity index (χ3v) is 3.68. The number of aromatic carboxylic acids is 1. The van der Waals surface area contributed by atoms with Gasteiger partial charge in [0.25, 0.3) is 0 Å². The maximum atomic E-state index is 12.4. The van der Waals surface area contributed by atoms with Gasteiger partial charge in [-0.05, 0) is 37.3 Å². The molecule has 0 atom stereocenters. The fraction of sp³-hybridized carbons (Fsp3) is 0.167. The van der Waals surface area contributed by atoms with Crippen molar-refractivity contribution in [3.63, 3.8) is 0 Å². The van der Waals surface area contributed by atoms with Crippen molar-refractivity contribution in [1.29, 1.82) is 0 Å². The minimum Gasteiger partial charge on any atom is -0.492 e. The highest BCUT2D eigenvalue weighted by molar-refractivity contribution is 5.94. The molecule has 3 aromatic rings. The average Bonchev–Trinajstić information content (AvgIpc) is 2.91. The van der Waals surface area contributed by atoms with Gasteiger partial charge in [-0.25, -0.2) is 9.59 Å². The minimum atomic E-state index is -1.14. The Labute approximate surface area is 147 Å². The fourth-order valence-corrected chi connectivity index (χ4v) is 2.53. The van der Waals surface area contributed by atoms with E-state index in [0.29, 0.717) is 18.0 Å².